The summed E-state index contributed by atoms with van der Waals surface area (Å²) in [6, 6.07) is 0.750. The molecule has 84 valence electrons. The molecule has 2 nitrogen and oxygen atoms in total. The highest BCUT2D eigenvalue weighted by Crippen LogP contribution is 2.29. The molecule has 1 aliphatic rings. The Labute approximate surface area is 89.1 Å². The topological polar surface area (TPSA) is 15.3 Å². The van der Waals surface area contributed by atoms with Gasteiger partial charge in [0.1, 0.15) is 0 Å². The molecule has 3 atom stereocenters. The van der Waals surface area contributed by atoms with Gasteiger partial charge in [0.15, 0.2) is 0 Å². The Kier molecular flexibility index (Phi) is 4.90. The molecule has 2 heteroatoms. The van der Waals surface area contributed by atoms with Gasteiger partial charge in [-0.1, -0.05) is 13.8 Å². The second-order valence-corrected chi connectivity index (χ2v) is 4.93. The van der Waals surface area contributed by atoms with Gasteiger partial charge in [-0.05, 0) is 51.7 Å². The van der Waals surface area contributed by atoms with E-state index in [0.717, 1.165) is 17.9 Å². The highest BCUT2D eigenvalue weighted by Gasteiger charge is 2.27. The Morgan fingerprint density at radius 3 is 2.64 bits per heavy atom. The normalized spacial score (nSPS) is 33.6. The van der Waals surface area contributed by atoms with Gasteiger partial charge in [-0.15, -0.1) is 0 Å². The van der Waals surface area contributed by atoms with Crippen LogP contribution in [0.2, 0.25) is 0 Å². The molecule has 1 saturated carbocycles. The van der Waals surface area contributed by atoms with Crippen molar-refractivity contribution >= 4 is 0 Å². The molecule has 0 aromatic carbocycles. The van der Waals surface area contributed by atoms with Crippen molar-refractivity contribution in [2.45, 2.75) is 39.2 Å². The maximum absolute atomic E-state index is 3.48. The van der Waals surface area contributed by atoms with E-state index >= 15 is 0 Å². The quantitative estimate of drug-likeness (QED) is 0.743. The van der Waals surface area contributed by atoms with Gasteiger partial charge in [0, 0.05) is 12.6 Å². The zero-order valence-electron chi connectivity index (χ0n) is 10.2. The predicted molar refractivity (Wildman–Crippen MR) is 62.5 cm³/mol. The summed E-state index contributed by atoms with van der Waals surface area (Å²) in [4.78, 5) is 2.44. The number of hydrogen-bond donors (Lipinski definition) is 1. The molecule has 3 unspecified atom stereocenters. The molecular formula is C12H26N2. The molecule has 0 spiro atoms. The molecule has 0 bridgehead atoms. The van der Waals surface area contributed by atoms with Gasteiger partial charge in [0.25, 0.3) is 0 Å². The first-order valence-corrected chi connectivity index (χ1v) is 6.03. The Hall–Kier alpha value is -0.0800. The Bertz CT molecular complexity index is 158. The number of rotatable bonds is 4. The lowest BCUT2D eigenvalue weighted by molar-refractivity contribution is 0.168. The highest BCUT2D eigenvalue weighted by molar-refractivity contribution is 4.84. The van der Waals surface area contributed by atoms with E-state index in [0.29, 0.717) is 0 Å². The van der Waals surface area contributed by atoms with E-state index < -0.39 is 0 Å². The third-order valence-electron chi connectivity index (χ3n) is 3.70. The van der Waals surface area contributed by atoms with Gasteiger partial charge in [-0.3, -0.25) is 0 Å². The van der Waals surface area contributed by atoms with Crippen molar-refractivity contribution < 1.29 is 0 Å². The van der Waals surface area contributed by atoms with E-state index in [1.54, 1.807) is 0 Å². The van der Waals surface area contributed by atoms with Gasteiger partial charge in [-0.25, -0.2) is 0 Å². The average Bonchev–Trinajstić information content (AvgIpc) is 2.18. The fourth-order valence-electron chi connectivity index (χ4n) is 2.61. The molecule has 0 heterocycles. The molecule has 0 amide bonds. The molecule has 1 aliphatic carbocycles. The van der Waals surface area contributed by atoms with Gasteiger partial charge in [-0.2, -0.15) is 0 Å². The van der Waals surface area contributed by atoms with Crippen molar-refractivity contribution in [3.8, 4) is 0 Å². The first-order chi connectivity index (χ1) is 6.67. The van der Waals surface area contributed by atoms with Crippen molar-refractivity contribution in [2.75, 3.05) is 27.2 Å². The zero-order chi connectivity index (χ0) is 10.6. The van der Waals surface area contributed by atoms with Crippen LogP contribution in [0.1, 0.15) is 33.1 Å². The highest BCUT2D eigenvalue weighted by atomic mass is 15.1. The van der Waals surface area contributed by atoms with Crippen LogP contribution in [-0.2, 0) is 0 Å². The van der Waals surface area contributed by atoms with Crippen molar-refractivity contribution in [1.29, 1.82) is 0 Å². The Balaban J connectivity index is 2.44. The summed E-state index contributed by atoms with van der Waals surface area (Å²) in [5, 5.41) is 3.48. The van der Waals surface area contributed by atoms with Crippen molar-refractivity contribution in [3.05, 3.63) is 0 Å². The summed E-state index contributed by atoms with van der Waals surface area (Å²) >= 11 is 0. The molecule has 0 saturated heterocycles. The minimum Gasteiger partial charge on any atom is -0.317 e. The lowest BCUT2D eigenvalue weighted by Crippen LogP contribution is -2.43. The molecule has 1 fully saturated rings. The maximum atomic E-state index is 3.48. The summed E-state index contributed by atoms with van der Waals surface area (Å²) in [7, 11) is 4.34. The van der Waals surface area contributed by atoms with Crippen LogP contribution in [0, 0.1) is 11.8 Å². The third kappa shape index (κ3) is 3.25. The van der Waals surface area contributed by atoms with Gasteiger partial charge < -0.3 is 10.2 Å². The molecular weight excluding hydrogens is 172 g/mol. The molecule has 0 aromatic rings. The lowest BCUT2D eigenvalue weighted by Gasteiger charge is -2.36. The van der Waals surface area contributed by atoms with Crippen LogP contribution in [0.5, 0.6) is 0 Å². The standard InChI is InChI=1S/C12H26N2/c1-5-14(4)9-11-8-10(2)6-7-12(11)13-3/h10-13H,5-9H2,1-4H3. The van der Waals surface area contributed by atoms with Crippen LogP contribution in [0.3, 0.4) is 0 Å². The molecule has 1 rings (SSSR count). The molecule has 14 heavy (non-hydrogen) atoms. The average molecular weight is 198 g/mol. The van der Waals surface area contributed by atoms with E-state index in [1.807, 2.05) is 0 Å². The SMILES string of the molecule is CCN(C)CC1CC(C)CCC1NC. The molecule has 0 radical (unpaired) electrons. The summed E-state index contributed by atoms with van der Waals surface area (Å²) in [6.45, 7) is 7.05. The van der Waals surface area contributed by atoms with Crippen LogP contribution in [0.15, 0.2) is 0 Å². The van der Waals surface area contributed by atoms with Crippen LogP contribution in [-0.4, -0.2) is 38.1 Å². The van der Waals surface area contributed by atoms with Gasteiger partial charge >= 0.3 is 0 Å². The molecule has 0 aliphatic heterocycles. The van der Waals surface area contributed by atoms with E-state index in [-0.39, 0.29) is 0 Å². The largest absolute Gasteiger partial charge is 0.317 e. The van der Waals surface area contributed by atoms with E-state index in [9.17, 15) is 0 Å². The number of hydrogen-bond acceptors (Lipinski definition) is 2. The Morgan fingerprint density at radius 2 is 2.07 bits per heavy atom. The summed E-state index contributed by atoms with van der Waals surface area (Å²) in [5.41, 5.74) is 0. The monoisotopic (exact) mass is 198 g/mol. The third-order valence-corrected chi connectivity index (χ3v) is 3.70. The zero-order valence-corrected chi connectivity index (χ0v) is 10.2. The smallest absolute Gasteiger partial charge is 0.0105 e. The van der Waals surface area contributed by atoms with Crippen molar-refractivity contribution in [2.24, 2.45) is 11.8 Å². The van der Waals surface area contributed by atoms with Crippen LogP contribution in [0.4, 0.5) is 0 Å². The number of nitrogens with one attached hydrogen (secondary N) is 1. The second-order valence-electron chi connectivity index (χ2n) is 4.93. The predicted octanol–water partition coefficient (Wildman–Crippen LogP) is 1.96. The second kappa shape index (κ2) is 5.72. The minimum absolute atomic E-state index is 0.750. The van der Waals surface area contributed by atoms with E-state index in [1.165, 1.54) is 32.4 Å². The lowest BCUT2D eigenvalue weighted by atomic mass is 9.78. The van der Waals surface area contributed by atoms with Gasteiger partial charge in [0.2, 0.25) is 0 Å². The fraction of sp³-hybridized carbons (Fsp3) is 1.00. The van der Waals surface area contributed by atoms with E-state index in [2.05, 4.69) is 38.2 Å². The minimum atomic E-state index is 0.750. The Morgan fingerprint density at radius 1 is 1.36 bits per heavy atom. The van der Waals surface area contributed by atoms with Gasteiger partial charge in [0.05, 0.1) is 0 Å². The summed E-state index contributed by atoms with van der Waals surface area (Å²) < 4.78 is 0. The summed E-state index contributed by atoms with van der Waals surface area (Å²) in [5.74, 6) is 1.78. The van der Waals surface area contributed by atoms with Crippen LogP contribution < -0.4 is 5.32 Å². The van der Waals surface area contributed by atoms with Crippen LogP contribution >= 0.6 is 0 Å². The van der Waals surface area contributed by atoms with Crippen molar-refractivity contribution in [1.82, 2.24) is 10.2 Å². The summed E-state index contributed by atoms with van der Waals surface area (Å²) in [6.07, 6.45) is 4.16. The fourth-order valence-corrected chi connectivity index (χ4v) is 2.61. The van der Waals surface area contributed by atoms with Crippen molar-refractivity contribution in [3.63, 3.8) is 0 Å². The number of nitrogens with zero attached hydrogens (tertiary/aromatic N) is 1. The van der Waals surface area contributed by atoms with E-state index in [4.69, 9.17) is 0 Å². The first-order valence-electron chi connectivity index (χ1n) is 6.03. The maximum Gasteiger partial charge on any atom is 0.0105 e. The van der Waals surface area contributed by atoms with Crippen LogP contribution in [0.25, 0.3) is 0 Å². The molecule has 1 N–H and O–H groups in total. The first kappa shape index (κ1) is 12.0. The molecule has 0 aromatic heterocycles.